The quantitative estimate of drug-likeness (QED) is 0.174. The SMILES string of the molecule is c1ccc(N(c2ccccc2)c2ccc(-c3cc4c(-c5coc6ccccc56)cccc4c4c3ccc3c5ccccc5sc34)cc2)cc1. The molecule has 0 N–H and O–H groups in total. The molecule has 2 nitrogen and oxygen atoms in total. The molecule has 0 unspecified atom stereocenters. The van der Waals surface area contributed by atoms with Crippen molar-refractivity contribution in [1.29, 1.82) is 0 Å². The van der Waals surface area contributed by atoms with Crippen LogP contribution >= 0.6 is 11.3 Å². The Labute approximate surface area is 287 Å². The van der Waals surface area contributed by atoms with E-state index in [1.807, 2.05) is 29.7 Å². The van der Waals surface area contributed by atoms with Crippen molar-refractivity contribution >= 4 is 81.1 Å². The number of furan rings is 1. The third kappa shape index (κ3) is 4.47. The van der Waals surface area contributed by atoms with Crippen molar-refractivity contribution in [1.82, 2.24) is 0 Å². The molecule has 10 aromatic rings. The molecule has 2 heterocycles. The van der Waals surface area contributed by atoms with Crippen LogP contribution in [0.15, 0.2) is 181 Å². The summed E-state index contributed by atoms with van der Waals surface area (Å²) in [6.45, 7) is 0. The van der Waals surface area contributed by atoms with Gasteiger partial charge in [0.1, 0.15) is 5.58 Å². The van der Waals surface area contributed by atoms with E-state index in [-0.39, 0.29) is 0 Å². The van der Waals surface area contributed by atoms with Gasteiger partial charge in [-0.1, -0.05) is 115 Å². The molecule has 49 heavy (non-hydrogen) atoms. The summed E-state index contributed by atoms with van der Waals surface area (Å²) in [5, 5.41) is 8.80. The zero-order valence-electron chi connectivity index (χ0n) is 26.5. The van der Waals surface area contributed by atoms with Crippen LogP contribution in [0, 0.1) is 0 Å². The lowest BCUT2D eigenvalue weighted by Crippen LogP contribution is -2.09. The molecule has 2 aromatic heterocycles. The van der Waals surface area contributed by atoms with Crippen LogP contribution in [0.25, 0.3) is 74.9 Å². The van der Waals surface area contributed by atoms with Crippen LogP contribution in [0.1, 0.15) is 0 Å². The molecule has 0 spiro atoms. The number of thiophene rings is 1. The molecule has 0 radical (unpaired) electrons. The van der Waals surface area contributed by atoms with Crippen molar-refractivity contribution in [2.45, 2.75) is 0 Å². The Bertz CT molecular complexity index is 2770. The number of benzene rings is 8. The largest absolute Gasteiger partial charge is 0.464 e. The number of anilines is 3. The van der Waals surface area contributed by atoms with Gasteiger partial charge in [0.05, 0.1) is 6.26 Å². The summed E-state index contributed by atoms with van der Waals surface area (Å²) in [6.07, 6.45) is 1.92. The van der Waals surface area contributed by atoms with Crippen molar-refractivity contribution in [3.63, 3.8) is 0 Å². The highest BCUT2D eigenvalue weighted by Crippen LogP contribution is 2.47. The summed E-state index contributed by atoms with van der Waals surface area (Å²) >= 11 is 1.89. The molecular formula is C46H29NOS. The number of fused-ring (bicyclic) bond motifs is 8. The highest BCUT2D eigenvalue weighted by molar-refractivity contribution is 7.26. The van der Waals surface area contributed by atoms with E-state index in [1.165, 1.54) is 58.4 Å². The van der Waals surface area contributed by atoms with Crippen LogP contribution in [-0.4, -0.2) is 0 Å². The summed E-state index contributed by atoms with van der Waals surface area (Å²) in [6, 6.07) is 61.1. The van der Waals surface area contributed by atoms with Gasteiger partial charge in [0.15, 0.2) is 0 Å². The smallest absolute Gasteiger partial charge is 0.134 e. The molecule has 0 atom stereocenters. The lowest BCUT2D eigenvalue weighted by atomic mass is 9.89. The number of para-hydroxylation sites is 3. The van der Waals surface area contributed by atoms with E-state index in [1.54, 1.807) is 0 Å². The van der Waals surface area contributed by atoms with Crippen molar-refractivity contribution in [3.05, 3.63) is 176 Å². The second-order valence-corrected chi connectivity index (χ2v) is 13.5. The Hall–Kier alpha value is -6.16. The average molecular weight is 644 g/mol. The first-order valence-corrected chi connectivity index (χ1v) is 17.4. The fourth-order valence-electron chi connectivity index (χ4n) is 7.49. The van der Waals surface area contributed by atoms with E-state index in [0.717, 1.165) is 33.6 Å². The first-order chi connectivity index (χ1) is 24.3. The first kappa shape index (κ1) is 27.9. The van der Waals surface area contributed by atoms with Crippen LogP contribution < -0.4 is 4.90 Å². The van der Waals surface area contributed by atoms with Gasteiger partial charge < -0.3 is 9.32 Å². The zero-order valence-corrected chi connectivity index (χ0v) is 27.3. The van der Waals surface area contributed by atoms with E-state index in [2.05, 4.69) is 163 Å². The molecule has 8 aromatic carbocycles. The van der Waals surface area contributed by atoms with E-state index >= 15 is 0 Å². The van der Waals surface area contributed by atoms with Crippen LogP contribution in [-0.2, 0) is 0 Å². The average Bonchev–Trinajstić information content (AvgIpc) is 3.77. The Balaban J connectivity index is 1.24. The first-order valence-electron chi connectivity index (χ1n) is 16.6. The molecule has 0 fully saturated rings. The van der Waals surface area contributed by atoms with Gasteiger partial charge in [-0.2, -0.15) is 0 Å². The van der Waals surface area contributed by atoms with E-state index in [4.69, 9.17) is 4.42 Å². The Morgan fingerprint density at radius 2 is 1.04 bits per heavy atom. The van der Waals surface area contributed by atoms with Crippen molar-refractivity contribution in [3.8, 4) is 22.3 Å². The van der Waals surface area contributed by atoms with Crippen LogP contribution in [0.4, 0.5) is 17.1 Å². The third-order valence-electron chi connectivity index (χ3n) is 9.74. The van der Waals surface area contributed by atoms with Crippen LogP contribution in [0.3, 0.4) is 0 Å². The second-order valence-electron chi connectivity index (χ2n) is 12.5. The summed E-state index contributed by atoms with van der Waals surface area (Å²) in [5.41, 5.74) is 8.97. The molecule has 0 bridgehead atoms. The minimum atomic E-state index is 0.902. The fraction of sp³-hybridized carbons (Fsp3) is 0. The van der Waals surface area contributed by atoms with E-state index in [9.17, 15) is 0 Å². The molecule has 0 amide bonds. The molecule has 0 saturated heterocycles. The van der Waals surface area contributed by atoms with Gasteiger partial charge in [-0.25, -0.2) is 0 Å². The molecule has 3 heteroatoms. The second kappa shape index (κ2) is 11.2. The summed E-state index contributed by atoms with van der Waals surface area (Å²) in [7, 11) is 0. The maximum atomic E-state index is 6.07. The summed E-state index contributed by atoms with van der Waals surface area (Å²) < 4.78 is 8.71. The van der Waals surface area contributed by atoms with Crippen molar-refractivity contribution in [2.24, 2.45) is 0 Å². The van der Waals surface area contributed by atoms with E-state index < -0.39 is 0 Å². The van der Waals surface area contributed by atoms with Crippen molar-refractivity contribution < 1.29 is 4.42 Å². The van der Waals surface area contributed by atoms with Crippen LogP contribution in [0.2, 0.25) is 0 Å². The van der Waals surface area contributed by atoms with Crippen LogP contribution in [0.5, 0.6) is 0 Å². The monoisotopic (exact) mass is 643 g/mol. The van der Waals surface area contributed by atoms with Gasteiger partial charge >= 0.3 is 0 Å². The van der Waals surface area contributed by atoms with Gasteiger partial charge in [0.2, 0.25) is 0 Å². The Morgan fingerprint density at radius 1 is 0.408 bits per heavy atom. The molecule has 0 aliphatic heterocycles. The minimum absolute atomic E-state index is 0.902. The highest BCUT2D eigenvalue weighted by Gasteiger charge is 2.19. The summed E-state index contributed by atoms with van der Waals surface area (Å²) in [5.74, 6) is 0. The Kier molecular flexibility index (Phi) is 6.39. The molecule has 0 saturated carbocycles. The van der Waals surface area contributed by atoms with Gasteiger partial charge in [0, 0.05) is 53.6 Å². The normalized spacial score (nSPS) is 11.7. The number of hydrogen-bond acceptors (Lipinski definition) is 3. The Morgan fingerprint density at radius 3 is 1.82 bits per heavy atom. The standard InChI is InChI=1S/C46H29NOS/c1-3-12-31(13-4-1)47(32-14-5-2-6-15-32)33-24-22-30(23-25-33)40-28-41-34(42-29-48-43-20-9-7-16-35(42)43)18-11-19-37(41)45-38(40)26-27-39-36-17-8-10-21-44(36)49-46(39)45/h1-29H. The maximum absolute atomic E-state index is 6.07. The predicted octanol–water partition coefficient (Wildman–Crippen LogP) is 13.9. The predicted molar refractivity (Wildman–Crippen MR) is 210 cm³/mol. The molecule has 230 valence electrons. The fourth-order valence-corrected chi connectivity index (χ4v) is 8.76. The maximum Gasteiger partial charge on any atom is 0.134 e. The highest BCUT2D eigenvalue weighted by atomic mass is 32.1. The zero-order chi connectivity index (χ0) is 32.3. The lowest BCUT2D eigenvalue weighted by Gasteiger charge is -2.25. The summed E-state index contributed by atoms with van der Waals surface area (Å²) in [4.78, 5) is 2.31. The molecule has 0 aliphatic rings. The number of hydrogen-bond donors (Lipinski definition) is 0. The third-order valence-corrected chi connectivity index (χ3v) is 10.9. The number of rotatable bonds is 5. The van der Waals surface area contributed by atoms with Crippen molar-refractivity contribution in [2.75, 3.05) is 4.90 Å². The lowest BCUT2D eigenvalue weighted by molar-refractivity contribution is 0.617. The van der Waals surface area contributed by atoms with E-state index in [0.29, 0.717) is 0 Å². The molecule has 10 rings (SSSR count). The number of nitrogens with zero attached hydrogens (tertiary/aromatic N) is 1. The van der Waals surface area contributed by atoms with Gasteiger partial charge in [-0.3, -0.25) is 0 Å². The van der Waals surface area contributed by atoms with Gasteiger partial charge in [0.25, 0.3) is 0 Å². The minimum Gasteiger partial charge on any atom is -0.464 e. The topological polar surface area (TPSA) is 16.4 Å². The van der Waals surface area contributed by atoms with Gasteiger partial charge in [-0.05, 0) is 87.4 Å². The molecular weight excluding hydrogens is 615 g/mol. The van der Waals surface area contributed by atoms with Gasteiger partial charge in [-0.15, -0.1) is 11.3 Å². The molecule has 0 aliphatic carbocycles.